The first-order valence-corrected chi connectivity index (χ1v) is 9.55. The molecular formula is C22H20FN5O. The van der Waals surface area contributed by atoms with Gasteiger partial charge in [0.15, 0.2) is 0 Å². The van der Waals surface area contributed by atoms with Gasteiger partial charge in [-0.2, -0.15) is 0 Å². The van der Waals surface area contributed by atoms with Crippen LogP contribution in [0.25, 0.3) is 16.8 Å². The van der Waals surface area contributed by atoms with Gasteiger partial charge in [-0.05, 0) is 43.7 Å². The maximum atomic E-state index is 14.4. The van der Waals surface area contributed by atoms with Crippen molar-refractivity contribution in [3.8, 4) is 16.9 Å². The molecule has 1 aliphatic heterocycles. The van der Waals surface area contributed by atoms with Gasteiger partial charge in [0.1, 0.15) is 17.2 Å². The maximum absolute atomic E-state index is 14.4. The van der Waals surface area contributed by atoms with E-state index >= 15 is 0 Å². The number of aromatic nitrogens is 4. The highest BCUT2D eigenvalue weighted by atomic mass is 19.1. The summed E-state index contributed by atoms with van der Waals surface area (Å²) in [7, 11) is 0. The molecule has 7 heteroatoms. The van der Waals surface area contributed by atoms with E-state index < -0.39 is 0 Å². The number of hydrogen-bond donors (Lipinski definition) is 1. The SMILES string of the molecule is Cc1cc(-c2cnc(NCc3c(F)ccc4c3CCO4)n3cc(C)nc23)ccn1. The van der Waals surface area contributed by atoms with Crippen LogP contribution in [0.15, 0.2) is 42.9 Å². The largest absolute Gasteiger partial charge is 0.493 e. The number of imidazole rings is 1. The molecule has 1 aromatic carbocycles. The number of anilines is 1. The Labute approximate surface area is 167 Å². The fraction of sp³-hybridized carbons (Fsp3) is 0.227. The molecule has 29 heavy (non-hydrogen) atoms. The van der Waals surface area contributed by atoms with Crippen molar-refractivity contribution in [2.24, 2.45) is 0 Å². The topological polar surface area (TPSA) is 64.3 Å². The van der Waals surface area contributed by atoms with Crippen molar-refractivity contribution in [2.75, 3.05) is 11.9 Å². The van der Waals surface area contributed by atoms with Gasteiger partial charge in [-0.1, -0.05) is 0 Å². The fourth-order valence-corrected chi connectivity index (χ4v) is 3.82. The molecule has 3 aromatic heterocycles. The number of hydrogen-bond acceptors (Lipinski definition) is 5. The van der Waals surface area contributed by atoms with Gasteiger partial charge in [0.25, 0.3) is 0 Å². The zero-order valence-corrected chi connectivity index (χ0v) is 16.2. The van der Waals surface area contributed by atoms with Crippen LogP contribution in [0, 0.1) is 19.7 Å². The lowest BCUT2D eigenvalue weighted by atomic mass is 10.0. The number of pyridine rings is 1. The normalized spacial score (nSPS) is 12.8. The van der Waals surface area contributed by atoms with E-state index in [0.717, 1.165) is 45.9 Å². The summed E-state index contributed by atoms with van der Waals surface area (Å²) in [5.41, 5.74) is 6.10. The first-order valence-electron chi connectivity index (χ1n) is 9.55. The highest BCUT2D eigenvalue weighted by Gasteiger charge is 2.20. The summed E-state index contributed by atoms with van der Waals surface area (Å²) in [6.45, 7) is 4.82. The molecule has 1 N–H and O–H groups in total. The minimum absolute atomic E-state index is 0.233. The number of benzene rings is 1. The summed E-state index contributed by atoms with van der Waals surface area (Å²) < 4.78 is 21.9. The molecule has 1 aliphatic rings. The van der Waals surface area contributed by atoms with Crippen molar-refractivity contribution in [3.05, 3.63) is 71.2 Å². The lowest BCUT2D eigenvalue weighted by molar-refractivity contribution is 0.356. The van der Waals surface area contributed by atoms with E-state index in [2.05, 4.69) is 20.3 Å². The molecule has 4 heterocycles. The summed E-state index contributed by atoms with van der Waals surface area (Å²) >= 11 is 0. The zero-order chi connectivity index (χ0) is 20.0. The molecule has 5 rings (SSSR count). The molecule has 6 nitrogen and oxygen atoms in total. The number of halogens is 1. The smallest absolute Gasteiger partial charge is 0.208 e. The molecule has 0 bridgehead atoms. The fourth-order valence-electron chi connectivity index (χ4n) is 3.82. The molecule has 0 fully saturated rings. The quantitative estimate of drug-likeness (QED) is 0.569. The van der Waals surface area contributed by atoms with Crippen LogP contribution >= 0.6 is 0 Å². The highest BCUT2D eigenvalue weighted by molar-refractivity contribution is 5.78. The third kappa shape index (κ3) is 3.08. The van der Waals surface area contributed by atoms with Crippen molar-refractivity contribution < 1.29 is 9.13 Å². The van der Waals surface area contributed by atoms with Gasteiger partial charge in [0.05, 0.1) is 12.3 Å². The number of ether oxygens (including phenoxy) is 1. The lowest BCUT2D eigenvalue weighted by Crippen LogP contribution is -2.09. The molecule has 0 spiro atoms. The zero-order valence-electron chi connectivity index (χ0n) is 16.2. The van der Waals surface area contributed by atoms with Gasteiger partial charge in [0.2, 0.25) is 5.95 Å². The average Bonchev–Trinajstić information content (AvgIpc) is 3.33. The molecule has 0 unspecified atom stereocenters. The van der Waals surface area contributed by atoms with E-state index in [1.54, 1.807) is 18.5 Å². The summed E-state index contributed by atoms with van der Waals surface area (Å²) in [6, 6.07) is 7.11. The molecular weight excluding hydrogens is 369 g/mol. The third-order valence-corrected chi connectivity index (χ3v) is 5.18. The average molecular weight is 389 g/mol. The van der Waals surface area contributed by atoms with E-state index in [1.165, 1.54) is 6.07 Å². The Kier molecular flexibility index (Phi) is 4.16. The molecule has 0 amide bonds. The van der Waals surface area contributed by atoms with E-state index in [4.69, 9.17) is 4.74 Å². The minimum Gasteiger partial charge on any atom is -0.493 e. The van der Waals surface area contributed by atoms with E-state index in [9.17, 15) is 4.39 Å². The Morgan fingerprint density at radius 1 is 1.17 bits per heavy atom. The minimum atomic E-state index is -0.233. The van der Waals surface area contributed by atoms with Crippen LogP contribution in [0.3, 0.4) is 0 Å². The second-order valence-corrected chi connectivity index (χ2v) is 7.21. The van der Waals surface area contributed by atoms with Gasteiger partial charge in [0, 0.05) is 53.9 Å². The molecule has 146 valence electrons. The number of fused-ring (bicyclic) bond motifs is 2. The second kappa shape index (κ2) is 6.84. The third-order valence-electron chi connectivity index (χ3n) is 5.18. The van der Waals surface area contributed by atoms with Crippen LogP contribution in [0.2, 0.25) is 0 Å². The van der Waals surface area contributed by atoms with Gasteiger partial charge in [-0.3, -0.25) is 9.38 Å². The van der Waals surface area contributed by atoms with Crippen molar-refractivity contribution in [2.45, 2.75) is 26.8 Å². The Balaban J connectivity index is 1.53. The predicted molar refractivity (Wildman–Crippen MR) is 109 cm³/mol. The molecule has 0 atom stereocenters. The Hall–Kier alpha value is -3.48. The Bertz CT molecular complexity index is 1230. The van der Waals surface area contributed by atoms with Crippen LogP contribution in [0.1, 0.15) is 22.5 Å². The van der Waals surface area contributed by atoms with Gasteiger partial charge in [-0.15, -0.1) is 0 Å². The standard InChI is InChI=1S/C22H20FN5O/c1-13-9-15(5-7-24-13)17-10-25-22(28-12-14(2)27-21(17)28)26-11-18-16-6-8-29-20(16)4-3-19(18)23/h3-5,7,9-10,12H,6,8,11H2,1-2H3,(H,25,26). The van der Waals surface area contributed by atoms with Crippen molar-refractivity contribution in [1.29, 1.82) is 0 Å². The predicted octanol–water partition coefficient (Wildman–Crippen LogP) is 4.09. The number of nitrogens with one attached hydrogen (secondary N) is 1. The van der Waals surface area contributed by atoms with E-state index in [1.807, 2.05) is 36.6 Å². The first-order chi connectivity index (χ1) is 14.1. The van der Waals surface area contributed by atoms with E-state index in [-0.39, 0.29) is 5.82 Å². The molecule has 0 saturated heterocycles. The highest BCUT2D eigenvalue weighted by Crippen LogP contribution is 2.31. The van der Waals surface area contributed by atoms with Crippen LogP contribution in [0.4, 0.5) is 10.3 Å². The van der Waals surface area contributed by atoms with Gasteiger partial charge < -0.3 is 10.1 Å². The van der Waals surface area contributed by atoms with Crippen molar-refractivity contribution in [3.63, 3.8) is 0 Å². The molecule has 0 saturated carbocycles. The van der Waals surface area contributed by atoms with Crippen LogP contribution < -0.4 is 10.1 Å². The summed E-state index contributed by atoms with van der Waals surface area (Å²) in [6.07, 6.45) is 6.23. The Morgan fingerprint density at radius 2 is 2.07 bits per heavy atom. The monoisotopic (exact) mass is 389 g/mol. The van der Waals surface area contributed by atoms with Gasteiger partial charge >= 0.3 is 0 Å². The number of aryl methyl sites for hydroxylation is 2. The van der Waals surface area contributed by atoms with Crippen LogP contribution in [-0.2, 0) is 13.0 Å². The molecule has 0 aliphatic carbocycles. The number of nitrogens with zero attached hydrogens (tertiary/aromatic N) is 4. The maximum Gasteiger partial charge on any atom is 0.208 e. The van der Waals surface area contributed by atoms with Crippen molar-refractivity contribution >= 4 is 11.6 Å². The van der Waals surface area contributed by atoms with Gasteiger partial charge in [-0.25, -0.2) is 14.4 Å². The first kappa shape index (κ1) is 17.6. The van der Waals surface area contributed by atoms with Crippen LogP contribution in [-0.4, -0.2) is 26.0 Å². The Morgan fingerprint density at radius 3 is 2.93 bits per heavy atom. The van der Waals surface area contributed by atoms with Crippen molar-refractivity contribution in [1.82, 2.24) is 19.4 Å². The van der Waals surface area contributed by atoms with E-state index in [0.29, 0.717) is 24.7 Å². The van der Waals surface area contributed by atoms with Crippen LogP contribution in [0.5, 0.6) is 5.75 Å². The molecule has 0 radical (unpaired) electrons. The number of rotatable bonds is 4. The summed E-state index contributed by atoms with van der Waals surface area (Å²) in [5.74, 6) is 1.15. The molecule has 4 aromatic rings. The summed E-state index contributed by atoms with van der Waals surface area (Å²) in [4.78, 5) is 13.5. The lowest BCUT2D eigenvalue weighted by Gasteiger charge is -2.13. The summed E-state index contributed by atoms with van der Waals surface area (Å²) in [5, 5.41) is 3.28. The second-order valence-electron chi connectivity index (χ2n) is 7.21.